The third kappa shape index (κ3) is 2.78. The zero-order chi connectivity index (χ0) is 15.4. The van der Waals surface area contributed by atoms with Crippen LogP contribution in [-0.4, -0.2) is 74.1 Å². The Kier molecular flexibility index (Phi) is 3.49. The molecule has 1 saturated carbocycles. The molecule has 9 heteroatoms. The second kappa shape index (κ2) is 4.85. The highest BCUT2D eigenvalue weighted by Gasteiger charge is 2.52. The van der Waals surface area contributed by atoms with Gasteiger partial charge in [0.05, 0.1) is 25.0 Å². The molecule has 1 amide bonds. The number of amides is 1. The van der Waals surface area contributed by atoms with Gasteiger partial charge >= 0.3 is 0 Å². The Balaban J connectivity index is 1.68. The van der Waals surface area contributed by atoms with E-state index in [9.17, 15) is 22.0 Å². The fourth-order valence-electron chi connectivity index (χ4n) is 3.34. The van der Waals surface area contributed by atoms with Crippen LogP contribution in [0, 0.1) is 5.92 Å². The summed E-state index contributed by atoms with van der Waals surface area (Å²) in [5.41, 5.74) is 0. The molecular formula is C12H18F2N2O4S. The van der Waals surface area contributed by atoms with Crippen molar-refractivity contribution in [1.82, 2.24) is 9.21 Å². The lowest BCUT2D eigenvalue weighted by Gasteiger charge is -2.36. The first kappa shape index (κ1) is 15.1. The van der Waals surface area contributed by atoms with Crippen molar-refractivity contribution in [3.63, 3.8) is 0 Å². The van der Waals surface area contributed by atoms with Crippen molar-refractivity contribution in [2.75, 3.05) is 32.5 Å². The number of rotatable bonds is 2. The van der Waals surface area contributed by atoms with E-state index in [1.165, 1.54) is 9.21 Å². The summed E-state index contributed by atoms with van der Waals surface area (Å²) in [4.78, 5) is 13.7. The van der Waals surface area contributed by atoms with E-state index >= 15 is 0 Å². The zero-order valence-corrected chi connectivity index (χ0v) is 12.5. The van der Waals surface area contributed by atoms with E-state index in [-0.39, 0.29) is 38.3 Å². The summed E-state index contributed by atoms with van der Waals surface area (Å²) in [6, 6.07) is -0.404. The van der Waals surface area contributed by atoms with E-state index in [1.807, 2.05) is 0 Å². The highest BCUT2D eigenvalue weighted by molar-refractivity contribution is 7.88. The average molecular weight is 324 g/mol. The molecule has 3 aliphatic rings. The van der Waals surface area contributed by atoms with Gasteiger partial charge in [-0.25, -0.2) is 17.2 Å². The second-order valence-electron chi connectivity index (χ2n) is 6.05. The number of sulfonamides is 1. The number of fused-ring (bicyclic) bond motifs is 1. The predicted octanol–water partition coefficient (Wildman–Crippen LogP) is -0.0971. The van der Waals surface area contributed by atoms with Gasteiger partial charge < -0.3 is 9.64 Å². The fraction of sp³-hybridized carbons (Fsp3) is 0.917. The highest BCUT2D eigenvalue weighted by Crippen LogP contribution is 2.43. The van der Waals surface area contributed by atoms with Gasteiger partial charge in [0.2, 0.25) is 21.9 Å². The largest absolute Gasteiger partial charge is 0.373 e. The van der Waals surface area contributed by atoms with E-state index in [0.717, 1.165) is 6.26 Å². The van der Waals surface area contributed by atoms with Crippen LogP contribution in [0.5, 0.6) is 0 Å². The summed E-state index contributed by atoms with van der Waals surface area (Å²) in [5, 5.41) is 0. The molecule has 2 aliphatic heterocycles. The van der Waals surface area contributed by atoms with Crippen LogP contribution >= 0.6 is 0 Å². The van der Waals surface area contributed by atoms with Crippen LogP contribution in [-0.2, 0) is 19.6 Å². The average Bonchev–Trinajstić information content (AvgIpc) is 2.76. The Morgan fingerprint density at radius 2 is 1.95 bits per heavy atom. The molecule has 1 aliphatic carbocycles. The molecule has 3 fully saturated rings. The van der Waals surface area contributed by atoms with E-state index < -0.39 is 40.7 Å². The molecule has 2 atom stereocenters. The minimum atomic E-state index is -3.36. The number of alkyl halides is 2. The van der Waals surface area contributed by atoms with Gasteiger partial charge in [0.25, 0.3) is 0 Å². The van der Waals surface area contributed by atoms with Gasteiger partial charge in [-0.15, -0.1) is 0 Å². The van der Waals surface area contributed by atoms with Crippen molar-refractivity contribution in [3.8, 4) is 0 Å². The van der Waals surface area contributed by atoms with Crippen molar-refractivity contribution < 1.29 is 26.7 Å². The molecule has 0 aromatic carbocycles. The lowest BCUT2D eigenvalue weighted by Crippen LogP contribution is -2.52. The molecule has 120 valence electrons. The first-order valence-electron chi connectivity index (χ1n) is 6.92. The molecule has 0 unspecified atom stereocenters. The monoisotopic (exact) mass is 324 g/mol. The first-order valence-corrected chi connectivity index (χ1v) is 8.77. The van der Waals surface area contributed by atoms with Gasteiger partial charge in [-0.2, -0.15) is 4.31 Å². The Hall–Kier alpha value is -0.800. The molecule has 6 nitrogen and oxygen atoms in total. The lowest BCUT2D eigenvalue weighted by atomic mass is 9.80. The van der Waals surface area contributed by atoms with E-state index in [1.54, 1.807) is 0 Å². The van der Waals surface area contributed by atoms with Gasteiger partial charge in [0.15, 0.2) is 0 Å². The van der Waals surface area contributed by atoms with Gasteiger partial charge in [0.1, 0.15) is 0 Å². The molecule has 21 heavy (non-hydrogen) atoms. The minimum Gasteiger partial charge on any atom is -0.373 e. The highest BCUT2D eigenvalue weighted by atomic mass is 32.2. The molecule has 0 N–H and O–H groups in total. The maximum Gasteiger partial charge on any atom is 0.249 e. The first-order chi connectivity index (χ1) is 9.67. The van der Waals surface area contributed by atoms with Crippen molar-refractivity contribution in [2.45, 2.75) is 30.9 Å². The molecule has 2 saturated heterocycles. The summed E-state index contributed by atoms with van der Waals surface area (Å²) >= 11 is 0. The molecule has 0 aromatic rings. The molecule has 0 bridgehead atoms. The predicted molar refractivity (Wildman–Crippen MR) is 69.3 cm³/mol. The SMILES string of the molecule is CS(=O)(=O)N1CCO[C@H]2CN(C(=O)C3CC(F)(F)C3)C[C@H]21. The van der Waals surface area contributed by atoms with E-state index in [2.05, 4.69) is 0 Å². The van der Waals surface area contributed by atoms with Crippen LogP contribution in [0.15, 0.2) is 0 Å². The summed E-state index contributed by atoms with van der Waals surface area (Å²) in [7, 11) is -3.36. The number of hydrogen-bond donors (Lipinski definition) is 0. The molecular weight excluding hydrogens is 306 g/mol. The number of halogens is 2. The van der Waals surface area contributed by atoms with Gasteiger partial charge in [-0.1, -0.05) is 0 Å². The number of carbonyl (C=O) groups excluding carboxylic acids is 1. The van der Waals surface area contributed by atoms with Crippen molar-refractivity contribution in [1.29, 1.82) is 0 Å². The van der Waals surface area contributed by atoms with Gasteiger partial charge in [0, 0.05) is 38.4 Å². The summed E-state index contributed by atoms with van der Waals surface area (Å²) in [6.07, 6.45) is -0.0485. The fourth-order valence-corrected chi connectivity index (χ4v) is 4.44. The van der Waals surface area contributed by atoms with Crippen LogP contribution in [0.4, 0.5) is 8.78 Å². The summed E-state index contributed by atoms with van der Waals surface area (Å²) < 4.78 is 56.1. The molecule has 0 aromatic heterocycles. The number of nitrogens with zero attached hydrogens (tertiary/aromatic N) is 2. The maximum absolute atomic E-state index is 12.9. The minimum absolute atomic E-state index is 0.221. The topological polar surface area (TPSA) is 66.9 Å². The maximum atomic E-state index is 12.9. The normalized spacial score (nSPS) is 33.6. The molecule has 3 rings (SSSR count). The van der Waals surface area contributed by atoms with Crippen LogP contribution < -0.4 is 0 Å². The number of likely N-dealkylation sites (tertiary alicyclic amines) is 1. The quantitative estimate of drug-likeness (QED) is 0.712. The number of carbonyl (C=O) groups is 1. The zero-order valence-electron chi connectivity index (χ0n) is 11.7. The van der Waals surface area contributed by atoms with E-state index in [0.29, 0.717) is 0 Å². The standard InChI is InChI=1S/C12H18F2N2O4S/c1-21(18,19)16-2-3-20-10-7-15(6-9(10)16)11(17)8-4-12(13,14)5-8/h8-10H,2-7H2,1H3/t9-,10+/m1/s1. The third-order valence-electron chi connectivity index (χ3n) is 4.43. The van der Waals surface area contributed by atoms with Crippen LogP contribution in [0.1, 0.15) is 12.8 Å². The Labute approximate surface area is 122 Å². The summed E-state index contributed by atoms with van der Waals surface area (Å²) in [5.74, 6) is -3.69. The molecule has 2 heterocycles. The van der Waals surface area contributed by atoms with Crippen LogP contribution in [0.3, 0.4) is 0 Å². The Bertz CT molecular complexity index is 545. The number of hydrogen-bond acceptors (Lipinski definition) is 4. The Morgan fingerprint density at radius 1 is 1.29 bits per heavy atom. The van der Waals surface area contributed by atoms with Crippen LogP contribution in [0.25, 0.3) is 0 Å². The van der Waals surface area contributed by atoms with Gasteiger partial charge in [-0.3, -0.25) is 4.79 Å². The van der Waals surface area contributed by atoms with Crippen molar-refractivity contribution in [3.05, 3.63) is 0 Å². The van der Waals surface area contributed by atoms with Crippen molar-refractivity contribution in [2.24, 2.45) is 5.92 Å². The number of morpholine rings is 1. The molecule has 0 radical (unpaired) electrons. The summed E-state index contributed by atoms with van der Waals surface area (Å²) in [6.45, 7) is 1.05. The number of ether oxygens (including phenoxy) is 1. The second-order valence-corrected chi connectivity index (χ2v) is 7.99. The van der Waals surface area contributed by atoms with Gasteiger partial charge in [-0.05, 0) is 0 Å². The lowest BCUT2D eigenvalue weighted by molar-refractivity contribution is -0.159. The Morgan fingerprint density at radius 3 is 2.52 bits per heavy atom. The van der Waals surface area contributed by atoms with Crippen molar-refractivity contribution >= 4 is 15.9 Å². The van der Waals surface area contributed by atoms with Crippen LogP contribution in [0.2, 0.25) is 0 Å². The smallest absolute Gasteiger partial charge is 0.249 e. The molecule has 0 spiro atoms. The van der Waals surface area contributed by atoms with E-state index in [4.69, 9.17) is 4.74 Å². The third-order valence-corrected chi connectivity index (χ3v) is 5.73.